The molecule has 0 aliphatic carbocycles. The third kappa shape index (κ3) is 3.78. The second-order valence-electron chi connectivity index (χ2n) is 6.34. The van der Waals surface area contributed by atoms with Gasteiger partial charge in [-0.15, -0.1) is 0 Å². The van der Waals surface area contributed by atoms with E-state index in [0.717, 1.165) is 12.3 Å². The summed E-state index contributed by atoms with van der Waals surface area (Å²) in [6, 6.07) is 8.87. The van der Waals surface area contributed by atoms with Crippen LogP contribution in [-0.4, -0.2) is 36.7 Å². The first-order valence-electron chi connectivity index (χ1n) is 8.30. The summed E-state index contributed by atoms with van der Waals surface area (Å²) in [5, 5.41) is 3.69. The van der Waals surface area contributed by atoms with E-state index in [2.05, 4.69) is 49.2 Å². The highest BCUT2D eigenvalue weighted by Crippen LogP contribution is 2.34. The molecule has 1 unspecified atom stereocenters. The molecular formula is C18H30N2O. The summed E-state index contributed by atoms with van der Waals surface area (Å²) < 4.78 is 5.67. The summed E-state index contributed by atoms with van der Waals surface area (Å²) >= 11 is 0. The molecule has 1 aliphatic rings. The van der Waals surface area contributed by atoms with Gasteiger partial charge in [0.05, 0.1) is 12.6 Å². The van der Waals surface area contributed by atoms with Gasteiger partial charge in [-0.05, 0) is 70.9 Å². The van der Waals surface area contributed by atoms with Crippen molar-refractivity contribution in [3.05, 3.63) is 29.8 Å². The number of likely N-dealkylation sites (N-methyl/N-ethyl adjacent to an activating group) is 1. The standard InChI is InChI=1S/C18H30N2O/c1-5-19-17(18(3,4)20-12-7-8-13-20)15-10-9-11-16(14-15)21-6-2/h9-11,14,17,19H,5-8,12-13H2,1-4H3. The summed E-state index contributed by atoms with van der Waals surface area (Å²) in [7, 11) is 0. The molecule has 21 heavy (non-hydrogen) atoms. The number of rotatable bonds is 7. The maximum absolute atomic E-state index is 5.67. The van der Waals surface area contributed by atoms with Crippen molar-refractivity contribution in [2.45, 2.75) is 52.1 Å². The van der Waals surface area contributed by atoms with E-state index in [-0.39, 0.29) is 5.54 Å². The average molecular weight is 290 g/mol. The highest BCUT2D eigenvalue weighted by Gasteiger charge is 2.37. The van der Waals surface area contributed by atoms with Gasteiger partial charge in [-0.2, -0.15) is 0 Å². The molecule has 1 aromatic rings. The molecule has 1 atom stereocenters. The molecule has 1 N–H and O–H groups in total. The van der Waals surface area contributed by atoms with Crippen molar-refractivity contribution in [1.29, 1.82) is 0 Å². The first kappa shape index (κ1) is 16.3. The number of likely N-dealkylation sites (tertiary alicyclic amines) is 1. The third-order valence-corrected chi connectivity index (χ3v) is 4.54. The van der Waals surface area contributed by atoms with Gasteiger partial charge < -0.3 is 10.1 Å². The van der Waals surface area contributed by atoms with E-state index in [1.165, 1.54) is 31.5 Å². The Morgan fingerprint density at radius 2 is 1.95 bits per heavy atom. The van der Waals surface area contributed by atoms with Crippen molar-refractivity contribution in [1.82, 2.24) is 10.2 Å². The lowest BCUT2D eigenvalue weighted by molar-refractivity contribution is 0.107. The van der Waals surface area contributed by atoms with Gasteiger partial charge in [0.2, 0.25) is 0 Å². The fourth-order valence-electron chi connectivity index (χ4n) is 3.41. The summed E-state index contributed by atoms with van der Waals surface area (Å²) in [5.74, 6) is 0.968. The van der Waals surface area contributed by atoms with Gasteiger partial charge in [0.25, 0.3) is 0 Å². The molecule has 0 saturated carbocycles. The summed E-state index contributed by atoms with van der Waals surface area (Å²) in [6.45, 7) is 13.0. The topological polar surface area (TPSA) is 24.5 Å². The lowest BCUT2D eigenvalue weighted by Gasteiger charge is -2.43. The van der Waals surface area contributed by atoms with Gasteiger partial charge in [0.1, 0.15) is 5.75 Å². The van der Waals surface area contributed by atoms with E-state index in [1.54, 1.807) is 0 Å². The summed E-state index contributed by atoms with van der Waals surface area (Å²) in [6.07, 6.45) is 2.64. The fourth-order valence-corrected chi connectivity index (χ4v) is 3.41. The number of nitrogens with zero attached hydrogens (tertiary/aromatic N) is 1. The van der Waals surface area contributed by atoms with Crippen LogP contribution in [0.2, 0.25) is 0 Å². The zero-order valence-electron chi connectivity index (χ0n) is 14.0. The van der Waals surface area contributed by atoms with Crippen LogP contribution in [0.3, 0.4) is 0 Å². The maximum Gasteiger partial charge on any atom is 0.119 e. The largest absolute Gasteiger partial charge is 0.494 e. The van der Waals surface area contributed by atoms with Crippen molar-refractivity contribution in [2.24, 2.45) is 0 Å². The van der Waals surface area contributed by atoms with Crippen molar-refractivity contribution in [2.75, 3.05) is 26.2 Å². The SMILES string of the molecule is CCNC(c1cccc(OCC)c1)C(C)(C)N1CCCC1. The van der Waals surface area contributed by atoms with E-state index in [9.17, 15) is 0 Å². The second kappa shape index (κ2) is 7.28. The van der Waals surface area contributed by atoms with Crippen molar-refractivity contribution >= 4 is 0 Å². The zero-order chi connectivity index (χ0) is 15.3. The minimum Gasteiger partial charge on any atom is -0.494 e. The number of ether oxygens (including phenoxy) is 1. The second-order valence-corrected chi connectivity index (χ2v) is 6.34. The van der Waals surface area contributed by atoms with Crippen LogP contribution in [0.4, 0.5) is 0 Å². The summed E-state index contributed by atoms with van der Waals surface area (Å²) in [4.78, 5) is 2.62. The molecule has 0 spiro atoms. The van der Waals surface area contributed by atoms with Crippen molar-refractivity contribution < 1.29 is 4.74 Å². The van der Waals surface area contributed by atoms with Crippen LogP contribution in [0.25, 0.3) is 0 Å². The van der Waals surface area contributed by atoms with Crippen LogP contribution in [0.5, 0.6) is 5.75 Å². The fraction of sp³-hybridized carbons (Fsp3) is 0.667. The molecule has 2 rings (SSSR count). The Morgan fingerprint density at radius 1 is 1.24 bits per heavy atom. The monoisotopic (exact) mass is 290 g/mol. The Hall–Kier alpha value is -1.06. The Balaban J connectivity index is 2.26. The van der Waals surface area contributed by atoms with Crippen molar-refractivity contribution in [3.63, 3.8) is 0 Å². The number of nitrogens with one attached hydrogen (secondary N) is 1. The Morgan fingerprint density at radius 3 is 2.57 bits per heavy atom. The highest BCUT2D eigenvalue weighted by molar-refractivity contribution is 5.32. The molecule has 0 radical (unpaired) electrons. The van der Waals surface area contributed by atoms with Crippen LogP contribution in [0, 0.1) is 0 Å². The van der Waals surface area contributed by atoms with E-state index < -0.39 is 0 Å². The predicted octanol–water partition coefficient (Wildman–Crippen LogP) is 3.61. The minimum atomic E-state index is 0.108. The van der Waals surface area contributed by atoms with E-state index >= 15 is 0 Å². The number of hydrogen-bond acceptors (Lipinski definition) is 3. The quantitative estimate of drug-likeness (QED) is 0.830. The Bertz CT molecular complexity index is 439. The van der Waals surface area contributed by atoms with Crippen LogP contribution < -0.4 is 10.1 Å². The Labute approximate surface area is 129 Å². The summed E-state index contributed by atoms with van der Waals surface area (Å²) in [5.41, 5.74) is 1.43. The molecule has 0 bridgehead atoms. The van der Waals surface area contributed by atoms with Gasteiger partial charge in [-0.25, -0.2) is 0 Å². The molecule has 3 nitrogen and oxygen atoms in total. The van der Waals surface area contributed by atoms with Crippen LogP contribution in [0.1, 0.15) is 52.1 Å². The molecule has 0 aromatic heterocycles. The lowest BCUT2D eigenvalue weighted by Crippen LogP contribution is -2.51. The molecule has 1 fully saturated rings. The highest BCUT2D eigenvalue weighted by atomic mass is 16.5. The normalized spacial score (nSPS) is 17.9. The molecular weight excluding hydrogens is 260 g/mol. The van der Waals surface area contributed by atoms with Gasteiger partial charge in [0.15, 0.2) is 0 Å². The molecule has 1 aromatic carbocycles. The van der Waals surface area contributed by atoms with E-state index in [4.69, 9.17) is 4.74 Å². The van der Waals surface area contributed by atoms with Crippen molar-refractivity contribution in [3.8, 4) is 5.75 Å². The minimum absolute atomic E-state index is 0.108. The number of hydrogen-bond donors (Lipinski definition) is 1. The zero-order valence-corrected chi connectivity index (χ0v) is 14.0. The van der Waals surface area contributed by atoms with Crippen LogP contribution in [0.15, 0.2) is 24.3 Å². The molecule has 1 heterocycles. The van der Waals surface area contributed by atoms with Gasteiger partial charge in [-0.1, -0.05) is 19.1 Å². The lowest BCUT2D eigenvalue weighted by atomic mass is 9.87. The third-order valence-electron chi connectivity index (χ3n) is 4.54. The van der Waals surface area contributed by atoms with E-state index in [1.807, 2.05) is 13.0 Å². The predicted molar refractivity (Wildman–Crippen MR) is 88.9 cm³/mol. The maximum atomic E-state index is 5.67. The van der Waals surface area contributed by atoms with Gasteiger partial charge in [0, 0.05) is 5.54 Å². The van der Waals surface area contributed by atoms with Crippen LogP contribution in [-0.2, 0) is 0 Å². The van der Waals surface area contributed by atoms with Gasteiger partial charge in [-0.3, -0.25) is 4.90 Å². The molecule has 3 heteroatoms. The average Bonchev–Trinajstić information content (AvgIpc) is 3.00. The first-order chi connectivity index (χ1) is 10.1. The first-order valence-corrected chi connectivity index (χ1v) is 8.30. The Kier molecular flexibility index (Phi) is 5.65. The molecule has 1 aliphatic heterocycles. The van der Waals surface area contributed by atoms with Gasteiger partial charge >= 0.3 is 0 Å². The van der Waals surface area contributed by atoms with Crippen LogP contribution >= 0.6 is 0 Å². The molecule has 0 amide bonds. The molecule has 1 saturated heterocycles. The number of benzene rings is 1. The smallest absolute Gasteiger partial charge is 0.119 e. The molecule has 118 valence electrons. The van der Waals surface area contributed by atoms with E-state index in [0.29, 0.717) is 12.6 Å².